The molecule has 9 heteroatoms. The number of hydrogen-bond donors (Lipinski definition) is 1. The van der Waals surface area contributed by atoms with Crippen molar-refractivity contribution in [3.63, 3.8) is 0 Å². The van der Waals surface area contributed by atoms with Crippen LogP contribution < -0.4 is 17.0 Å². The molecular formula is C24H26N4O4S. The minimum atomic E-state index is -0.674. The largest absolute Gasteiger partial charge is 0.444 e. The number of hydrogen-bond acceptors (Lipinski definition) is 6. The Hall–Kier alpha value is -3.46. The van der Waals surface area contributed by atoms with E-state index in [2.05, 4.69) is 24.0 Å². The monoisotopic (exact) mass is 466 g/mol. The summed E-state index contributed by atoms with van der Waals surface area (Å²) in [6, 6.07) is 8.13. The van der Waals surface area contributed by atoms with Crippen LogP contribution in [-0.2, 0) is 30.7 Å². The van der Waals surface area contributed by atoms with E-state index >= 15 is 0 Å². The number of benzene rings is 1. The van der Waals surface area contributed by atoms with E-state index in [4.69, 9.17) is 10.2 Å². The van der Waals surface area contributed by atoms with Crippen molar-refractivity contribution in [2.24, 2.45) is 11.7 Å². The molecule has 8 nitrogen and oxygen atoms in total. The summed E-state index contributed by atoms with van der Waals surface area (Å²) in [5.41, 5.74) is 7.47. The van der Waals surface area contributed by atoms with Crippen molar-refractivity contribution >= 4 is 27.5 Å². The van der Waals surface area contributed by atoms with Gasteiger partial charge in [-0.1, -0.05) is 38.1 Å². The van der Waals surface area contributed by atoms with E-state index in [1.807, 2.05) is 19.1 Å². The third-order valence-electron chi connectivity index (χ3n) is 5.92. The molecule has 0 saturated carbocycles. The fraction of sp³-hybridized carbons (Fsp3) is 0.333. The smallest absolute Gasteiger partial charge is 0.332 e. The predicted octanol–water partition coefficient (Wildman–Crippen LogP) is 3.11. The van der Waals surface area contributed by atoms with Crippen LogP contribution in [0.1, 0.15) is 29.9 Å². The van der Waals surface area contributed by atoms with Gasteiger partial charge >= 0.3 is 5.69 Å². The third kappa shape index (κ3) is 4.16. The van der Waals surface area contributed by atoms with Crippen LogP contribution in [0.5, 0.6) is 0 Å². The van der Waals surface area contributed by atoms with E-state index in [1.165, 1.54) is 29.4 Å². The van der Waals surface area contributed by atoms with Gasteiger partial charge in [-0.25, -0.2) is 9.78 Å². The molecule has 3 aromatic heterocycles. The normalized spacial score (nSPS) is 12.3. The highest BCUT2D eigenvalue weighted by atomic mass is 32.1. The summed E-state index contributed by atoms with van der Waals surface area (Å²) in [6.45, 7) is 5.88. The number of fused-ring (bicyclic) bond motifs is 1. The van der Waals surface area contributed by atoms with Crippen molar-refractivity contribution in [2.45, 2.75) is 46.7 Å². The molecule has 1 aromatic carbocycles. The Balaban J connectivity index is 1.93. The highest BCUT2D eigenvalue weighted by Gasteiger charge is 2.25. The molecule has 0 aliphatic heterocycles. The van der Waals surface area contributed by atoms with Crippen LogP contribution in [0.3, 0.4) is 0 Å². The van der Waals surface area contributed by atoms with Gasteiger partial charge in [0.15, 0.2) is 0 Å². The SMILES string of the molecule is CCc1ccccc1CCn1c(=O)n(CC(C)C(N)=O)c(=O)c2c(-c3ncco3)c(C)sc21. The number of nitrogens with two attached hydrogens (primary N) is 1. The first-order valence-electron chi connectivity index (χ1n) is 10.9. The van der Waals surface area contributed by atoms with E-state index < -0.39 is 23.1 Å². The summed E-state index contributed by atoms with van der Waals surface area (Å²) < 4.78 is 8.24. The molecule has 1 atom stereocenters. The summed E-state index contributed by atoms with van der Waals surface area (Å²) in [5, 5.41) is 0.375. The van der Waals surface area contributed by atoms with Crippen LogP contribution >= 0.6 is 11.3 Å². The summed E-state index contributed by atoms with van der Waals surface area (Å²) in [5.74, 6) is -0.918. The second kappa shape index (κ2) is 9.19. The van der Waals surface area contributed by atoms with Crippen LogP contribution in [0.15, 0.2) is 50.7 Å². The van der Waals surface area contributed by atoms with E-state index in [0.717, 1.165) is 21.4 Å². The van der Waals surface area contributed by atoms with Gasteiger partial charge in [0.2, 0.25) is 11.8 Å². The maximum atomic E-state index is 13.5. The topological polar surface area (TPSA) is 113 Å². The first-order chi connectivity index (χ1) is 15.8. The molecule has 0 fully saturated rings. The summed E-state index contributed by atoms with van der Waals surface area (Å²) in [4.78, 5) is 44.3. The molecular weight excluding hydrogens is 440 g/mol. The van der Waals surface area contributed by atoms with Crippen molar-refractivity contribution in [2.75, 3.05) is 0 Å². The number of carbonyl (C=O) groups excluding carboxylic acids is 1. The number of amides is 1. The summed E-state index contributed by atoms with van der Waals surface area (Å²) in [7, 11) is 0. The zero-order chi connectivity index (χ0) is 23.7. The molecule has 1 unspecified atom stereocenters. The van der Waals surface area contributed by atoms with Gasteiger partial charge in [0.1, 0.15) is 11.1 Å². The first-order valence-corrected chi connectivity index (χ1v) is 11.7. The van der Waals surface area contributed by atoms with Crippen LogP contribution in [0.2, 0.25) is 0 Å². The van der Waals surface area contributed by atoms with Crippen molar-refractivity contribution in [3.8, 4) is 11.5 Å². The zero-order valence-electron chi connectivity index (χ0n) is 18.8. The van der Waals surface area contributed by atoms with E-state index in [1.54, 1.807) is 11.5 Å². The van der Waals surface area contributed by atoms with Crippen LogP contribution in [-0.4, -0.2) is 20.0 Å². The number of nitrogens with zero attached hydrogens (tertiary/aromatic N) is 3. The van der Waals surface area contributed by atoms with Crippen LogP contribution in [0.4, 0.5) is 0 Å². The van der Waals surface area contributed by atoms with Gasteiger partial charge in [-0.3, -0.25) is 18.7 Å². The van der Waals surface area contributed by atoms with Crippen LogP contribution in [0.25, 0.3) is 21.7 Å². The number of rotatable bonds is 8. The highest BCUT2D eigenvalue weighted by Crippen LogP contribution is 2.35. The quantitative estimate of drug-likeness (QED) is 0.429. The number of primary amides is 1. The molecule has 0 aliphatic rings. The molecule has 172 valence electrons. The fourth-order valence-corrected chi connectivity index (χ4v) is 5.23. The zero-order valence-corrected chi connectivity index (χ0v) is 19.6. The maximum Gasteiger partial charge on any atom is 0.332 e. The Morgan fingerprint density at radius 2 is 1.94 bits per heavy atom. The third-order valence-corrected chi connectivity index (χ3v) is 7.05. The highest BCUT2D eigenvalue weighted by molar-refractivity contribution is 7.19. The van der Waals surface area contributed by atoms with Crippen molar-refractivity contribution in [1.29, 1.82) is 0 Å². The van der Waals surface area contributed by atoms with Gasteiger partial charge in [-0.15, -0.1) is 11.3 Å². The van der Waals surface area contributed by atoms with Gasteiger partial charge in [-0.2, -0.15) is 0 Å². The second-order valence-electron chi connectivity index (χ2n) is 8.08. The lowest BCUT2D eigenvalue weighted by molar-refractivity contribution is -0.121. The van der Waals surface area contributed by atoms with Gasteiger partial charge < -0.3 is 10.2 Å². The molecule has 3 heterocycles. The van der Waals surface area contributed by atoms with Gasteiger partial charge in [0.05, 0.1) is 23.1 Å². The Bertz CT molecular complexity index is 1430. The fourth-order valence-electron chi connectivity index (χ4n) is 4.08. The lowest BCUT2D eigenvalue weighted by Crippen LogP contribution is -2.42. The average Bonchev–Trinajstić information content (AvgIpc) is 3.44. The van der Waals surface area contributed by atoms with Gasteiger partial charge in [0, 0.05) is 18.0 Å². The number of aromatic nitrogens is 3. The Morgan fingerprint density at radius 1 is 1.21 bits per heavy atom. The standard InChI is InChI=1S/C24H26N4O4S/c1-4-16-7-5-6-8-17(16)9-11-27-23-19(18(15(3)33-23)21-26-10-12-32-21)22(30)28(24(27)31)13-14(2)20(25)29/h5-8,10,12,14H,4,9,11,13H2,1-3H3,(H2,25,29). The minimum absolute atomic E-state index is 0.0889. The first kappa shape index (κ1) is 22.7. The molecule has 2 N–H and O–H groups in total. The number of oxazole rings is 1. The molecule has 0 saturated heterocycles. The molecule has 0 bridgehead atoms. The Kier molecular flexibility index (Phi) is 6.33. The molecule has 4 aromatic rings. The van der Waals surface area contributed by atoms with Gasteiger partial charge in [0.25, 0.3) is 5.56 Å². The maximum absolute atomic E-state index is 13.5. The lowest BCUT2D eigenvalue weighted by Gasteiger charge is -2.15. The lowest BCUT2D eigenvalue weighted by atomic mass is 10.0. The molecule has 0 spiro atoms. The minimum Gasteiger partial charge on any atom is -0.444 e. The van der Waals surface area contributed by atoms with Crippen molar-refractivity contribution in [3.05, 3.63) is 73.6 Å². The Morgan fingerprint density at radius 3 is 2.58 bits per heavy atom. The second-order valence-corrected chi connectivity index (χ2v) is 9.28. The van der Waals surface area contributed by atoms with E-state index in [-0.39, 0.29) is 6.54 Å². The average molecular weight is 467 g/mol. The van der Waals surface area contributed by atoms with E-state index in [9.17, 15) is 14.4 Å². The molecule has 4 rings (SSSR count). The number of aryl methyl sites for hydroxylation is 4. The summed E-state index contributed by atoms with van der Waals surface area (Å²) >= 11 is 1.37. The molecule has 1 amide bonds. The molecule has 33 heavy (non-hydrogen) atoms. The number of thiophene rings is 1. The predicted molar refractivity (Wildman–Crippen MR) is 128 cm³/mol. The van der Waals surface area contributed by atoms with Crippen molar-refractivity contribution in [1.82, 2.24) is 14.1 Å². The number of carbonyl (C=O) groups is 1. The molecule has 0 aliphatic carbocycles. The van der Waals surface area contributed by atoms with Gasteiger partial charge in [-0.05, 0) is 30.9 Å². The Labute approximate surface area is 194 Å². The van der Waals surface area contributed by atoms with Crippen LogP contribution in [0, 0.1) is 12.8 Å². The molecule has 0 radical (unpaired) electrons. The van der Waals surface area contributed by atoms with Crippen molar-refractivity contribution < 1.29 is 9.21 Å². The van der Waals surface area contributed by atoms with E-state index in [0.29, 0.717) is 34.6 Å². The summed E-state index contributed by atoms with van der Waals surface area (Å²) in [6.07, 6.45) is 4.49.